The fourth-order valence-electron chi connectivity index (χ4n) is 4.64. The van der Waals surface area contributed by atoms with Gasteiger partial charge in [0.05, 0.1) is 5.54 Å². The number of halogens is 1. The summed E-state index contributed by atoms with van der Waals surface area (Å²) in [4.78, 5) is 56.3. The molecule has 11 heteroatoms. The van der Waals surface area contributed by atoms with Crippen LogP contribution in [0.4, 0.5) is 4.39 Å². The third kappa shape index (κ3) is 4.25. The van der Waals surface area contributed by atoms with Crippen LogP contribution in [-0.4, -0.2) is 51.4 Å². The highest BCUT2D eigenvalue weighted by atomic mass is 19.1. The molecule has 1 aliphatic carbocycles. The monoisotopic (exact) mass is 471 g/mol. The molecule has 1 saturated carbocycles. The van der Waals surface area contributed by atoms with Crippen LogP contribution in [0.2, 0.25) is 0 Å². The molecule has 0 spiro atoms. The lowest BCUT2D eigenvalue weighted by Gasteiger charge is -2.37. The van der Waals surface area contributed by atoms with E-state index in [1.54, 1.807) is 6.07 Å². The van der Waals surface area contributed by atoms with Crippen molar-refractivity contribution in [3.63, 3.8) is 0 Å². The molecule has 2 bridgehead atoms. The number of nitrogens with zero attached hydrogens (tertiary/aromatic N) is 3. The van der Waals surface area contributed by atoms with Gasteiger partial charge in [0.15, 0.2) is 5.69 Å². The lowest BCUT2D eigenvalue weighted by Crippen LogP contribution is -2.53. The van der Waals surface area contributed by atoms with E-state index in [-0.39, 0.29) is 18.3 Å². The Labute approximate surface area is 194 Å². The number of nitrogens with one attached hydrogen (secondary N) is 2. The van der Waals surface area contributed by atoms with E-state index in [2.05, 4.69) is 15.6 Å². The van der Waals surface area contributed by atoms with Crippen LogP contribution in [0.3, 0.4) is 0 Å². The van der Waals surface area contributed by atoms with Gasteiger partial charge in [0.1, 0.15) is 11.6 Å². The Morgan fingerprint density at radius 2 is 1.97 bits per heavy atom. The SMILES string of the molecule is CN(C)C(=O)C(=O)NC12CCC(CC1)Cn1c2nc(C(=O)NCc2cccc(F)c2)c(O)c1=O. The second-order valence-corrected chi connectivity index (χ2v) is 9.04. The predicted molar refractivity (Wildman–Crippen MR) is 118 cm³/mol. The number of aromatic nitrogens is 2. The highest BCUT2D eigenvalue weighted by Gasteiger charge is 2.46. The fourth-order valence-corrected chi connectivity index (χ4v) is 4.64. The first-order valence-electron chi connectivity index (χ1n) is 11.0. The van der Waals surface area contributed by atoms with Gasteiger partial charge in [-0.15, -0.1) is 0 Å². The average molecular weight is 471 g/mol. The third-order valence-corrected chi connectivity index (χ3v) is 6.48. The van der Waals surface area contributed by atoms with E-state index in [0.29, 0.717) is 37.8 Å². The summed E-state index contributed by atoms with van der Waals surface area (Å²) in [6, 6.07) is 5.65. The van der Waals surface area contributed by atoms with Gasteiger partial charge in [-0.05, 0) is 49.3 Å². The maximum atomic E-state index is 13.4. The number of carbonyl (C=O) groups excluding carboxylic acids is 3. The van der Waals surface area contributed by atoms with E-state index in [1.165, 1.54) is 36.9 Å². The Balaban J connectivity index is 1.71. The van der Waals surface area contributed by atoms with Crippen LogP contribution in [0, 0.1) is 11.7 Å². The van der Waals surface area contributed by atoms with Crippen molar-refractivity contribution in [2.75, 3.05) is 14.1 Å². The molecule has 180 valence electrons. The van der Waals surface area contributed by atoms with Crippen molar-refractivity contribution in [3.05, 3.63) is 57.5 Å². The summed E-state index contributed by atoms with van der Waals surface area (Å²) >= 11 is 0. The van der Waals surface area contributed by atoms with Crippen molar-refractivity contribution < 1.29 is 23.9 Å². The van der Waals surface area contributed by atoms with E-state index in [9.17, 15) is 28.7 Å². The van der Waals surface area contributed by atoms with Gasteiger partial charge in [-0.2, -0.15) is 0 Å². The highest BCUT2D eigenvalue weighted by molar-refractivity contribution is 6.35. The summed E-state index contributed by atoms with van der Waals surface area (Å²) in [5, 5.41) is 15.8. The van der Waals surface area contributed by atoms with Crippen LogP contribution in [0.5, 0.6) is 5.75 Å². The summed E-state index contributed by atoms with van der Waals surface area (Å²) < 4.78 is 14.7. The maximum Gasteiger partial charge on any atom is 0.311 e. The van der Waals surface area contributed by atoms with Gasteiger partial charge in [0.25, 0.3) is 11.5 Å². The van der Waals surface area contributed by atoms with Crippen molar-refractivity contribution in [1.82, 2.24) is 25.1 Å². The largest absolute Gasteiger partial charge is 0.501 e. The van der Waals surface area contributed by atoms with Crippen LogP contribution in [0.25, 0.3) is 0 Å². The minimum absolute atomic E-state index is 0.0442. The number of benzene rings is 1. The molecule has 10 nitrogen and oxygen atoms in total. The van der Waals surface area contributed by atoms with Gasteiger partial charge in [-0.3, -0.25) is 23.7 Å². The van der Waals surface area contributed by atoms with E-state index < -0.39 is 46.1 Å². The van der Waals surface area contributed by atoms with Gasteiger partial charge in [-0.25, -0.2) is 9.37 Å². The van der Waals surface area contributed by atoms with Gasteiger partial charge < -0.3 is 20.6 Å². The van der Waals surface area contributed by atoms with Gasteiger partial charge in [0, 0.05) is 27.2 Å². The zero-order chi connectivity index (χ0) is 24.6. The summed E-state index contributed by atoms with van der Waals surface area (Å²) in [5.74, 6) is -3.37. The first-order chi connectivity index (χ1) is 16.1. The molecule has 1 aromatic carbocycles. The normalized spacial score (nSPS) is 20.7. The third-order valence-electron chi connectivity index (χ3n) is 6.48. The quantitative estimate of drug-likeness (QED) is 0.560. The van der Waals surface area contributed by atoms with Gasteiger partial charge >= 0.3 is 11.8 Å². The number of amides is 3. The first kappa shape index (κ1) is 23.4. The smallest absolute Gasteiger partial charge is 0.311 e. The van der Waals surface area contributed by atoms with E-state index in [4.69, 9.17) is 0 Å². The number of rotatable bonds is 4. The zero-order valence-corrected chi connectivity index (χ0v) is 18.9. The second kappa shape index (κ2) is 8.88. The summed E-state index contributed by atoms with van der Waals surface area (Å²) in [5.41, 5.74) is -1.90. The van der Waals surface area contributed by atoms with Crippen LogP contribution >= 0.6 is 0 Å². The Morgan fingerprint density at radius 3 is 2.62 bits per heavy atom. The van der Waals surface area contributed by atoms with E-state index in [0.717, 1.165) is 4.90 Å². The minimum Gasteiger partial charge on any atom is -0.501 e. The molecule has 3 aliphatic rings. The molecule has 34 heavy (non-hydrogen) atoms. The molecule has 3 amide bonds. The zero-order valence-electron chi connectivity index (χ0n) is 18.9. The summed E-state index contributed by atoms with van der Waals surface area (Å²) in [6.07, 6.45) is 2.24. The average Bonchev–Trinajstić information content (AvgIpc) is 3.05. The van der Waals surface area contributed by atoms with Gasteiger partial charge in [0.2, 0.25) is 5.75 Å². The Kier molecular flexibility index (Phi) is 6.11. The molecule has 3 N–H and O–H groups in total. The second-order valence-electron chi connectivity index (χ2n) is 9.04. The molecule has 0 unspecified atom stereocenters. The number of hydrogen-bond donors (Lipinski definition) is 3. The lowest BCUT2D eigenvalue weighted by molar-refractivity contribution is -0.145. The number of hydrogen-bond acceptors (Lipinski definition) is 6. The molecule has 1 aromatic heterocycles. The van der Waals surface area contributed by atoms with Crippen molar-refractivity contribution >= 4 is 17.7 Å². The van der Waals surface area contributed by atoms with Gasteiger partial charge in [-0.1, -0.05) is 12.1 Å². The molecule has 2 aliphatic heterocycles. The first-order valence-corrected chi connectivity index (χ1v) is 11.0. The molecule has 5 rings (SSSR count). The standard InChI is InChI=1S/C23H26FN5O5/c1-28(2)21(34)19(32)27-23-8-6-13(7-9-23)12-29-20(33)17(30)16(26-22(23)29)18(31)25-11-14-4-3-5-15(24)10-14/h3-5,10,13,30H,6-9,11-12H2,1-2H3,(H,25,31)(H,27,32). The topological polar surface area (TPSA) is 134 Å². The fraction of sp³-hybridized carbons (Fsp3) is 0.435. The molecule has 0 atom stereocenters. The van der Waals surface area contributed by atoms with E-state index >= 15 is 0 Å². The number of fused-ring (bicyclic) bond motifs is 2. The molecular formula is C23H26FN5O5. The summed E-state index contributed by atoms with van der Waals surface area (Å²) in [6.45, 7) is 0.247. The molecule has 0 radical (unpaired) electrons. The summed E-state index contributed by atoms with van der Waals surface area (Å²) in [7, 11) is 2.92. The molecule has 2 aromatic rings. The van der Waals surface area contributed by atoms with Crippen LogP contribution < -0.4 is 16.2 Å². The number of carbonyl (C=O) groups is 3. The maximum absolute atomic E-state index is 13.4. The molecular weight excluding hydrogens is 445 g/mol. The van der Waals surface area contributed by atoms with Crippen LogP contribution in [0.15, 0.2) is 29.1 Å². The minimum atomic E-state index is -1.12. The van der Waals surface area contributed by atoms with Crippen LogP contribution in [-0.2, 0) is 28.2 Å². The molecule has 3 heterocycles. The molecule has 1 fully saturated rings. The predicted octanol–water partition coefficient (Wildman–Crippen LogP) is 0.621. The van der Waals surface area contributed by atoms with Crippen molar-refractivity contribution in [3.8, 4) is 5.75 Å². The molecule has 0 saturated heterocycles. The van der Waals surface area contributed by atoms with Crippen molar-refractivity contribution in [2.45, 2.75) is 44.3 Å². The Bertz CT molecular complexity index is 1220. The number of likely N-dealkylation sites (N-methyl/N-ethyl adjacent to an activating group) is 1. The lowest BCUT2D eigenvalue weighted by atomic mass is 9.77. The van der Waals surface area contributed by atoms with Crippen molar-refractivity contribution in [2.24, 2.45) is 5.92 Å². The van der Waals surface area contributed by atoms with Crippen molar-refractivity contribution in [1.29, 1.82) is 0 Å². The number of aromatic hydroxyl groups is 1. The highest BCUT2D eigenvalue weighted by Crippen LogP contribution is 2.42. The Morgan fingerprint density at radius 1 is 1.26 bits per heavy atom. The van der Waals surface area contributed by atoms with E-state index in [1.807, 2.05) is 0 Å². The van der Waals surface area contributed by atoms with Crippen LogP contribution in [0.1, 0.15) is 47.6 Å². The Hall–Kier alpha value is -3.76.